The number of amides is 1. The molecule has 2 heterocycles. The molecule has 32 heavy (non-hydrogen) atoms. The smallest absolute Gasteiger partial charge is 0.437 e. The number of halogens is 4. The van der Waals surface area contributed by atoms with E-state index in [0.717, 1.165) is 0 Å². The van der Waals surface area contributed by atoms with Gasteiger partial charge in [0.1, 0.15) is 5.75 Å². The van der Waals surface area contributed by atoms with E-state index in [4.69, 9.17) is 16.3 Å². The Morgan fingerprint density at radius 1 is 1.19 bits per heavy atom. The molecule has 1 atom stereocenters. The maximum atomic E-state index is 13.8. The molecule has 0 unspecified atom stereocenters. The van der Waals surface area contributed by atoms with E-state index >= 15 is 0 Å². The number of benzene rings is 2. The van der Waals surface area contributed by atoms with Crippen LogP contribution in [0.15, 0.2) is 42.5 Å². The Bertz CT molecular complexity index is 1160. The number of ether oxygens (including phenoxy) is 1. The lowest BCUT2D eigenvalue weighted by Gasteiger charge is -2.34. The van der Waals surface area contributed by atoms with Crippen LogP contribution in [0.1, 0.15) is 18.5 Å². The minimum Gasteiger partial charge on any atom is -0.495 e. The van der Waals surface area contributed by atoms with Crippen LogP contribution in [0.25, 0.3) is 11.0 Å². The predicted molar refractivity (Wildman–Crippen MR) is 116 cm³/mol. The van der Waals surface area contributed by atoms with Gasteiger partial charge in [0.2, 0.25) is 5.91 Å². The van der Waals surface area contributed by atoms with Gasteiger partial charge in [-0.25, -0.2) is 9.97 Å². The number of para-hydroxylation sites is 2. The van der Waals surface area contributed by atoms with Gasteiger partial charge >= 0.3 is 6.18 Å². The van der Waals surface area contributed by atoms with Gasteiger partial charge in [-0.2, -0.15) is 13.2 Å². The molecule has 1 aliphatic rings. The molecule has 6 nitrogen and oxygen atoms in total. The molecule has 0 bridgehead atoms. The molecule has 3 aromatic rings. The minimum atomic E-state index is -4.67. The standard InChI is InChI=1S/C22H20ClF3N4O2/c1-32-18-9-8-14(23)11-17(18)29-21(31)13-5-4-10-30(12-13)20-19(22(24,25)26)27-15-6-2-3-7-16(15)28-20/h2-3,6-9,11,13H,4-5,10,12H2,1H3,(H,29,31)/t13-/m1/s1. The van der Waals surface area contributed by atoms with Crippen LogP contribution in [-0.2, 0) is 11.0 Å². The van der Waals surface area contributed by atoms with E-state index in [9.17, 15) is 18.0 Å². The average molecular weight is 465 g/mol. The number of methoxy groups -OCH3 is 1. The molecule has 0 aliphatic carbocycles. The van der Waals surface area contributed by atoms with Crippen LogP contribution in [0.2, 0.25) is 5.02 Å². The number of carbonyl (C=O) groups is 1. The van der Waals surface area contributed by atoms with Crippen molar-refractivity contribution in [3.8, 4) is 5.75 Å². The van der Waals surface area contributed by atoms with Gasteiger partial charge in [-0.05, 0) is 43.2 Å². The molecule has 1 saturated heterocycles. The number of nitrogens with zero attached hydrogens (tertiary/aromatic N) is 3. The summed E-state index contributed by atoms with van der Waals surface area (Å²) in [5, 5.41) is 3.21. The van der Waals surface area contributed by atoms with Gasteiger partial charge in [0.15, 0.2) is 11.5 Å². The summed E-state index contributed by atoms with van der Waals surface area (Å²) < 4.78 is 46.5. The number of hydrogen-bond acceptors (Lipinski definition) is 5. The Hall–Kier alpha value is -3.07. The van der Waals surface area contributed by atoms with Crippen LogP contribution in [0, 0.1) is 5.92 Å². The molecule has 0 spiro atoms. The maximum absolute atomic E-state index is 13.8. The van der Waals surface area contributed by atoms with Crippen molar-refractivity contribution in [1.29, 1.82) is 0 Å². The molecular weight excluding hydrogens is 445 g/mol. The zero-order chi connectivity index (χ0) is 22.9. The maximum Gasteiger partial charge on any atom is 0.437 e. The lowest BCUT2D eigenvalue weighted by Crippen LogP contribution is -2.42. The highest BCUT2D eigenvalue weighted by atomic mass is 35.5. The number of fused-ring (bicyclic) bond motifs is 1. The summed E-state index contributed by atoms with van der Waals surface area (Å²) in [7, 11) is 1.47. The number of piperidine rings is 1. The Morgan fingerprint density at radius 2 is 1.91 bits per heavy atom. The fourth-order valence-corrected chi connectivity index (χ4v) is 3.97. The molecule has 1 N–H and O–H groups in total. The van der Waals surface area contributed by atoms with E-state index in [1.54, 1.807) is 36.4 Å². The summed E-state index contributed by atoms with van der Waals surface area (Å²) in [6.07, 6.45) is -3.60. The fourth-order valence-electron chi connectivity index (χ4n) is 3.80. The predicted octanol–water partition coefficient (Wildman–Crippen LogP) is 5.17. The molecule has 0 radical (unpaired) electrons. The van der Waals surface area contributed by atoms with E-state index in [0.29, 0.717) is 41.4 Å². The van der Waals surface area contributed by atoms with Crippen molar-refractivity contribution in [2.45, 2.75) is 19.0 Å². The number of carbonyl (C=O) groups excluding carboxylic acids is 1. The quantitative estimate of drug-likeness (QED) is 0.577. The highest BCUT2D eigenvalue weighted by molar-refractivity contribution is 6.31. The Morgan fingerprint density at radius 3 is 2.59 bits per heavy atom. The van der Waals surface area contributed by atoms with Crippen LogP contribution in [-0.4, -0.2) is 36.1 Å². The number of rotatable bonds is 4. The van der Waals surface area contributed by atoms with Crippen molar-refractivity contribution in [2.24, 2.45) is 5.92 Å². The van der Waals surface area contributed by atoms with E-state index in [1.165, 1.54) is 18.1 Å². The summed E-state index contributed by atoms with van der Waals surface area (Å²) in [6, 6.07) is 11.2. The summed E-state index contributed by atoms with van der Waals surface area (Å²) in [5.74, 6) is -0.677. The second kappa shape index (κ2) is 8.82. The third-order valence-electron chi connectivity index (χ3n) is 5.33. The first kappa shape index (κ1) is 22.1. The molecule has 10 heteroatoms. The van der Waals surface area contributed by atoms with Crippen LogP contribution in [0.4, 0.5) is 24.7 Å². The van der Waals surface area contributed by atoms with Crippen LogP contribution in [0.3, 0.4) is 0 Å². The first-order chi connectivity index (χ1) is 15.3. The molecule has 2 aromatic carbocycles. The molecule has 4 rings (SSSR count). The van der Waals surface area contributed by atoms with Crippen molar-refractivity contribution >= 4 is 40.0 Å². The third kappa shape index (κ3) is 4.57. The Labute approximate surface area is 187 Å². The Balaban J connectivity index is 1.61. The fraction of sp³-hybridized carbons (Fsp3) is 0.318. The highest BCUT2D eigenvalue weighted by Gasteiger charge is 2.40. The Kier molecular flexibility index (Phi) is 6.10. The number of aromatic nitrogens is 2. The van der Waals surface area contributed by atoms with Gasteiger partial charge in [-0.1, -0.05) is 23.7 Å². The lowest BCUT2D eigenvalue weighted by atomic mass is 9.96. The lowest BCUT2D eigenvalue weighted by molar-refractivity contribution is -0.140. The van der Waals surface area contributed by atoms with Crippen molar-refractivity contribution in [2.75, 3.05) is 30.4 Å². The van der Waals surface area contributed by atoms with Crippen molar-refractivity contribution < 1.29 is 22.7 Å². The second-order valence-corrected chi connectivity index (χ2v) is 7.94. The second-order valence-electron chi connectivity index (χ2n) is 7.50. The zero-order valence-electron chi connectivity index (χ0n) is 17.1. The largest absolute Gasteiger partial charge is 0.495 e. The number of nitrogens with one attached hydrogen (secondary N) is 1. The van der Waals surface area contributed by atoms with E-state index in [1.807, 2.05) is 0 Å². The van der Waals surface area contributed by atoms with Crippen molar-refractivity contribution in [3.63, 3.8) is 0 Å². The van der Waals surface area contributed by atoms with Crippen LogP contribution >= 0.6 is 11.6 Å². The molecule has 1 amide bonds. The van der Waals surface area contributed by atoms with Crippen molar-refractivity contribution in [1.82, 2.24) is 9.97 Å². The van der Waals surface area contributed by atoms with Gasteiger partial charge in [-0.15, -0.1) is 0 Å². The molecule has 1 fully saturated rings. The molecular formula is C22H20ClF3N4O2. The summed E-state index contributed by atoms with van der Waals surface area (Å²) >= 11 is 6.02. The summed E-state index contributed by atoms with van der Waals surface area (Å²) in [4.78, 5) is 22.5. The first-order valence-electron chi connectivity index (χ1n) is 9.99. The van der Waals surface area contributed by atoms with Crippen LogP contribution < -0.4 is 15.0 Å². The van der Waals surface area contributed by atoms with Gasteiger partial charge in [-0.3, -0.25) is 4.79 Å². The van der Waals surface area contributed by atoms with Crippen molar-refractivity contribution in [3.05, 3.63) is 53.2 Å². The average Bonchev–Trinajstić information content (AvgIpc) is 2.78. The molecule has 0 saturated carbocycles. The van der Waals surface area contributed by atoms with Gasteiger partial charge in [0.05, 0.1) is 29.7 Å². The molecule has 1 aromatic heterocycles. The number of hydrogen-bond donors (Lipinski definition) is 1. The highest BCUT2D eigenvalue weighted by Crippen LogP contribution is 2.37. The number of alkyl halides is 3. The van der Waals surface area contributed by atoms with E-state index in [-0.39, 0.29) is 23.8 Å². The SMILES string of the molecule is COc1ccc(Cl)cc1NC(=O)[C@@H]1CCCN(c2nc3ccccc3nc2C(F)(F)F)C1. The summed E-state index contributed by atoms with van der Waals surface area (Å²) in [6.45, 7) is 0.436. The van der Waals surface area contributed by atoms with E-state index in [2.05, 4.69) is 15.3 Å². The van der Waals surface area contributed by atoms with Gasteiger partial charge < -0.3 is 15.0 Å². The van der Waals surface area contributed by atoms with Crippen LogP contribution in [0.5, 0.6) is 5.75 Å². The molecule has 1 aliphatic heterocycles. The number of anilines is 2. The first-order valence-corrected chi connectivity index (χ1v) is 10.4. The molecule has 168 valence electrons. The van der Waals surface area contributed by atoms with Gasteiger partial charge in [0, 0.05) is 18.1 Å². The minimum absolute atomic E-state index is 0.0881. The monoisotopic (exact) mass is 464 g/mol. The topological polar surface area (TPSA) is 67.3 Å². The normalized spacial score (nSPS) is 16.8. The van der Waals surface area contributed by atoms with E-state index < -0.39 is 17.8 Å². The zero-order valence-corrected chi connectivity index (χ0v) is 17.9. The summed E-state index contributed by atoms with van der Waals surface area (Å²) in [5.41, 5.74) is -0.106. The third-order valence-corrected chi connectivity index (χ3v) is 5.57. The van der Waals surface area contributed by atoms with Gasteiger partial charge in [0.25, 0.3) is 0 Å².